The molecule has 100 valence electrons. The van der Waals surface area contributed by atoms with Crippen LogP contribution in [0.2, 0.25) is 0 Å². The molecule has 1 aromatic heterocycles. The van der Waals surface area contributed by atoms with Gasteiger partial charge in [-0.1, -0.05) is 0 Å². The molecule has 0 amide bonds. The van der Waals surface area contributed by atoms with Crippen molar-refractivity contribution < 1.29 is 14.3 Å². The molecule has 0 saturated heterocycles. The number of nitrogen functional groups attached to an aromatic ring is 1. The summed E-state index contributed by atoms with van der Waals surface area (Å²) >= 11 is 0. The highest BCUT2D eigenvalue weighted by Crippen LogP contribution is 2.29. The van der Waals surface area contributed by atoms with Crippen molar-refractivity contribution in [2.24, 2.45) is 0 Å². The lowest BCUT2D eigenvalue weighted by atomic mass is 10.1. The van der Waals surface area contributed by atoms with Crippen molar-refractivity contribution in [1.82, 2.24) is 4.98 Å². The van der Waals surface area contributed by atoms with E-state index in [0.29, 0.717) is 23.4 Å². The predicted octanol–water partition coefficient (Wildman–Crippen LogP) is 2.31. The molecule has 0 bridgehead atoms. The summed E-state index contributed by atoms with van der Waals surface area (Å²) in [5, 5.41) is 0.697. The molecule has 19 heavy (non-hydrogen) atoms. The highest BCUT2D eigenvalue weighted by atomic mass is 16.5. The Balaban J connectivity index is 2.66. The van der Waals surface area contributed by atoms with E-state index >= 15 is 0 Å². The third-order valence-corrected chi connectivity index (χ3v) is 2.91. The zero-order valence-corrected chi connectivity index (χ0v) is 11.2. The van der Waals surface area contributed by atoms with Gasteiger partial charge in [-0.05, 0) is 31.5 Å². The van der Waals surface area contributed by atoms with Gasteiger partial charge in [-0.25, -0.2) is 4.79 Å². The van der Waals surface area contributed by atoms with Crippen molar-refractivity contribution >= 4 is 22.6 Å². The summed E-state index contributed by atoms with van der Waals surface area (Å²) in [4.78, 5) is 16.1. The summed E-state index contributed by atoms with van der Waals surface area (Å²) < 4.78 is 10.2. The average Bonchev–Trinajstić information content (AvgIpc) is 2.39. The van der Waals surface area contributed by atoms with Crippen LogP contribution in [0.1, 0.15) is 22.8 Å². The molecule has 1 aromatic carbocycles. The van der Waals surface area contributed by atoms with Crippen LogP contribution in [-0.4, -0.2) is 24.7 Å². The summed E-state index contributed by atoms with van der Waals surface area (Å²) in [5.41, 5.74) is 8.39. The van der Waals surface area contributed by atoms with Crippen molar-refractivity contribution in [3.63, 3.8) is 0 Å². The summed E-state index contributed by atoms with van der Waals surface area (Å²) in [7, 11) is 1.58. The number of carbonyl (C=O) groups excluding carboxylic acids is 1. The van der Waals surface area contributed by atoms with E-state index in [4.69, 9.17) is 15.2 Å². The zero-order chi connectivity index (χ0) is 14.0. The molecular weight excluding hydrogens is 244 g/mol. The number of carbonyl (C=O) groups is 1. The van der Waals surface area contributed by atoms with Gasteiger partial charge in [-0.3, -0.25) is 4.98 Å². The minimum absolute atomic E-state index is 0.280. The lowest BCUT2D eigenvalue weighted by Gasteiger charge is -2.11. The van der Waals surface area contributed by atoms with Crippen molar-refractivity contribution in [2.75, 3.05) is 19.5 Å². The lowest BCUT2D eigenvalue weighted by Crippen LogP contribution is -2.09. The van der Waals surface area contributed by atoms with Gasteiger partial charge in [0.1, 0.15) is 11.3 Å². The van der Waals surface area contributed by atoms with E-state index in [9.17, 15) is 4.79 Å². The average molecular weight is 260 g/mol. The molecular formula is C14H16N2O3. The second-order valence-corrected chi connectivity index (χ2v) is 4.15. The number of nitrogens with zero attached hydrogens (tertiary/aromatic N) is 1. The van der Waals surface area contributed by atoms with Crippen molar-refractivity contribution in [2.45, 2.75) is 13.8 Å². The summed E-state index contributed by atoms with van der Waals surface area (Å²) in [6, 6.07) is 3.65. The molecule has 0 spiro atoms. The van der Waals surface area contributed by atoms with E-state index < -0.39 is 5.97 Å². The summed E-state index contributed by atoms with van der Waals surface area (Å²) in [5.74, 6) is 0.217. The molecule has 0 atom stereocenters. The number of nitrogens with two attached hydrogens (primary N) is 1. The smallest absolute Gasteiger partial charge is 0.341 e. The van der Waals surface area contributed by atoms with Crippen LogP contribution in [-0.2, 0) is 4.74 Å². The van der Waals surface area contributed by atoms with Gasteiger partial charge in [0.25, 0.3) is 0 Å². The second-order valence-electron chi connectivity index (χ2n) is 4.15. The van der Waals surface area contributed by atoms with Gasteiger partial charge in [0.15, 0.2) is 0 Å². The van der Waals surface area contributed by atoms with Crippen LogP contribution in [0.15, 0.2) is 18.3 Å². The molecule has 5 nitrogen and oxygen atoms in total. The number of aromatic nitrogens is 1. The molecule has 2 N–H and O–H groups in total. The minimum Gasteiger partial charge on any atom is -0.497 e. The van der Waals surface area contributed by atoms with Gasteiger partial charge in [0, 0.05) is 11.6 Å². The van der Waals surface area contributed by atoms with Gasteiger partial charge in [-0.15, -0.1) is 0 Å². The molecule has 1 heterocycles. The zero-order valence-electron chi connectivity index (χ0n) is 11.2. The number of pyridine rings is 1. The normalized spacial score (nSPS) is 10.5. The molecule has 0 saturated carbocycles. The number of anilines is 1. The van der Waals surface area contributed by atoms with Crippen LogP contribution in [0.5, 0.6) is 5.75 Å². The van der Waals surface area contributed by atoms with Crippen LogP contribution >= 0.6 is 0 Å². The van der Waals surface area contributed by atoms with E-state index in [1.807, 2.05) is 13.0 Å². The number of methoxy groups -OCH3 is 1. The Morgan fingerprint density at radius 2 is 2.16 bits per heavy atom. The Morgan fingerprint density at radius 1 is 1.42 bits per heavy atom. The maximum Gasteiger partial charge on any atom is 0.341 e. The second kappa shape index (κ2) is 5.14. The standard InChI is InChI=1S/C14H16N2O3/c1-4-19-14(17)11-7-16-13-8(2)5-9(18-3)6-10(13)12(11)15/h5-7H,4H2,1-3H3,(H2,15,16). The molecule has 2 rings (SSSR count). The maximum absolute atomic E-state index is 11.8. The monoisotopic (exact) mass is 260 g/mol. The van der Waals surface area contributed by atoms with Crippen molar-refractivity contribution in [3.05, 3.63) is 29.5 Å². The molecule has 0 aliphatic rings. The first-order chi connectivity index (χ1) is 9.08. The van der Waals surface area contributed by atoms with Crippen LogP contribution in [0.25, 0.3) is 10.9 Å². The van der Waals surface area contributed by atoms with E-state index in [1.54, 1.807) is 20.1 Å². The number of rotatable bonds is 3. The van der Waals surface area contributed by atoms with Crippen LogP contribution in [0.3, 0.4) is 0 Å². The van der Waals surface area contributed by atoms with Crippen LogP contribution in [0.4, 0.5) is 5.69 Å². The van der Waals surface area contributed by atoms with Gasteiger partial charge in [0.2, 0.25) is 0 Å². The van der Waals surface area contributed by atoms with E-state index in [1.165, 1.54) is 6.20 Å². The Morgan fingerprint density at radius 3 is 2.79 bits per heavy atom. The number of aryl methyl sites for hydroxylation is 1. The molecule has 0 unspecified atom stereocenters. The molecule has 0 aliphatic heterocycles. The molecule has 5 heteroatoms. The van der Waals surface area contributed by atoms with E-state index in [-0.39, 0.29) is 5.56 Å². The topological polar surface area (TPSA) is 74.4 Å². The Labute approximate surface area is 111 Å². The summed E-state index contributed by atoms with van der Waals surface area (Å²) in [6.45, 7) is 3.96. The van der Waals surface area contributed by atoms with Crippen molar-refractivity contribution in [1.29, 1.82) is 0 Å². The number of benzene rings is 1. The lowest BCUT2D eigenvalue weighted by molar-refractivity contribution is 0.0527. The first kappa shape index (κ1) is 13.1. The number of esters is 1. The Kier molecular flexibility index (Phi) is 3.55. The quantitative estimate of drug-likeness (QED) is 0.857. The minimum atomic E-state index is -0.463. The Hall–Kier alpha value is -2.30. The SMILES string of the molecule is CCOC(=O)c1cnc2c(C)cc(OC)cc2c1N. The number of ether oxygens (including phenoxy) is 2. The third kappa shape index (κ3) is 2.31. The highest BCUT2D eigenvalue weighted by molar-refractivity contribution is 6.04. The molecule has 0 aliphatic carbocycles. The fourth-order valence-electron chi connectivity index (χ4n) is 1.96. The molecule has 0 radical (unpaired) electrons. The summed E-state index contributed by atoms with van der Waals surface area (Å²) in [6.07, 6.45) is 1.45. The largest absolute Gasteiger partial charge is 0.497 e. The van der Waals surface area contributed by atoms with E-state index in [2.05, 4.69) is 4.98 Å². The Bertz CT molecular complexity index is 638. The first-order valence-corrected chi connectivity index (χ1v) is 5.98. The van der Waals surface area contributed by atoms with Crippen LogP contribution < -0.4 is 10.5 Å². The van der Waals surface area contributed by atoms with Gasteiger partial charge in [-0.2, -0.15) is 0 Å². The van der Waals surface area contributed by atoms with Crippen molar-refractivity contribution in [3.8, 4) is 5.75 Å². The number of fused-ring (bicyclic) bond motifs is 1. The highest BCUT2D eigenvalue weighted by Gasteiger charge is 2.15. The fraction of sp³-hybridized carbons (Fsp3) is 0.286. The molecule has 0 fully saturated rings. The van der Waals surface area contributed by atoms with Gasteiger partial charge < -0.3 is 15.2 Å². The predicted molar refractivity (Wildman–Crippen MR) is 73.4 cm³/mol. The number of hydrogen-bond acceptors (Lipinski definition) is 5. The van der Waals surface area contributed by atoms with Gasteiger partial charge in [0.05, 0.1) is 24.9 Å². The molecule has 2 aromatic rings. The van der Waals surface area contributed by atoms with Crippen LogP contribution in [0, 0.1) is 6.92 Å². The first-order valence-electron chi connectivity index (χ1n) is 5.98. The third-order valence-electron chi connectivity index (χ3n) is 2.91. The fourth-order valence-corrected chi connectivity index (χ4v) is 1.96. The maximum atomic E-state index is 11.8. The van der Waals surface area contributed by atoms with E-state index in [0.717, 1.165) is 11.1 Å². The number of hydrogen-bond donors (Lipinski definition) is 1. The van der Waals surface area contributed by atoms with Gasteiger partial charge >= 0.3 is 5.97 Å².